The minimum absolute atomic E-state index is 0.0673. The van der Waals surface area contributed by atoms with Crippen LogP contribution in [0, 0.1) is 50.2 Å². The molecule has 0 amide bonds. The molecule has 5 aliphatic rings. The number of rotatable bonds is 2. The minimum atomic E-state index is -3.48. The van der Waals surface area contributed by atoms with E-state index in [2.05, 4.69) is 38.5 Å². The summed E-state index contributed by atoms with van der Waals surface area (Å²) in [6, 6.07) is 2.12. The number of fused-ring (bicyclic) bond motifs is 7. The lowest BCUT2D eigenvalue weighted by Gasteiger charge is -2.71. The zero-order valence-corrected chi connectivity index (χ0v) is 25.5. The Morgan fingerprint density at radius 3 is 2.18 bits per heavy atom. The number of carbonyl (C=O) groups excluding carboxylic acids is 2. The van der Waals surface area contributed by atoms with Gasteiger partial charge in [0.2, 0.25) is 10.0 Å². The highest BCUT2D eigenvalue weighted by atomic mass is 32.2. The van der Waals surface area contributed by atoms with E-state index in [0.29, 0.717) is 19.3 Å². The van der Waals surface area contributed by atoms with Gasteiger partial charge in [-0.1, -0.05) is 47.6 Å². The Balaban J connectivity index is 1.70. The van der Waals surface area contributed by atoms with Crippen molar-refractivity contribution in [2.45, 2.75) is 105 Å². The Morgan fingerprint density at radius 1 is 0.974 bits per heavy atom. The van der Waals surface area contributed by atoms with Gasteiger partial charge < -0.3 is 5.11 Å². The van der Waals surface area contributed by atoms with Crippen molar-refractivity contribution in [3.05, 3.63) is 23.3 Å². The third-order valence-corrected chi connectivity index (χ3v) is 13.5. The monoisotopic (exact) mass is 556 g/mol. The van der Waals surface area contributed by atoms with Crippen LogP contribution in [0.1, 0.15) is 93.4 Å². The highest BCUT2D eigenvalue weighted by molar-refractivity contribution is 7.88. The van der Waals surface area contributed by atoms with E-state index in [0.717, 1.165) is 37.5 Å². The van der Waals surface area contributed by atoms with Gasteiger partial charge in [0.25, 0.3) is 0 Å². The van der Waals surface area contributed by atoms with Crippen molar-refractivity contribution < 1.29 is 23.1 Å². The van der Waals surface area contributed by atoms with E-state index in [9.17, 15) is 28.4 Å². The number of sulfonamides is 1. The molecule has 0 bridgehead atoms. The zero-order chi connectivity index (χ0) is 29.2. The first-order chi connectivity index (χ1) is 17.6. The molecule has 3 fully saturated rings. The van der Waals surface area contributed by atoms with Crippen LogP contribution < -0.4 is 4.72 Å². The fourth-order valence-electron chi connectivity index (χ4n) is 10.3. The van der Waals surface area contributed by atoms with Gasteiger partial charge in [-0.25, -0.2) is 13.1 Å². The fraction of sp³-hybridized carbons (Fsp3) is 0.774. The molecule has 2 N–H and O–H groups in total. The lowest BCUT2D eigenvalue weighted by Crippen LogP contribution is -2.74. The van der Waals surface area contributed by atoms with Gasteiger partial charge in [-0.2, -0.15) is 5.26 Å². The minimum Gasteiger partial charge on any atom is -0.381 e. The second-order valence-electron chi connectivity index (χ2n) is 15.3. The number of carbonyl (C=O) groups is 2. The average Bonchev–Trinajstić information content (AvgIpc) is 2.81. The van der Waals surface area contributed by atoms with E-state index < -0.39 is 48.7 Å². The van der Waals surface area contributed by atoms with Crippen molar-refractivity contribution in [3.63, 3.8) is 0 Å². The van der Waals surface area contributed by atoms with Gasteiger partial charge in [0.05, 0.1) is 11.8 Å². The summed E-state index contributed by atoms with van der Waals surface area (Å²) in [5, 5.41) is 22.7. The first kappa shape index (κ1) is 28.7. The summed E-state index contributed by atoms with van der Waals surface area (Å²) in [4.78, 5) is 27.6. The van der Waals surface area contributed by atoms with E-state index in [-0.39, 0.29) is 28.5 Å². The highest BCUT2D eigenvalue weighted by Gasteiger charge is 2.75. The normalized spacial score (nSPS) is 48.9. The smallest absolute Gasteiger partial charge is 0.209 e. The molecular formula is C31H44N2O5S. The molecule has 7 nitrogen and oxygen atoms in total. The molecule has 0 heterocycles. The molecule has 3 saturated carbocycles. The zero-order valence-electron chi connectivity index (χ0n) is 24.7. The number of hydrogen-bond donors (Lipinski definition) is 2. The van der Waals surface area contributed by atoms with Crippen molar-refractivity contribution in [2.75, 3.05) is 6.26 Å². The van der Waals surface area contributed by atoms with Crippen molar-refractivity contribution in [3.8, 4) is 6.07 Å². The van der Waals surface area contributed by atoms with Crippen molar-refractivity contribution in [1.29, 1.82) is 5.26 Å². The summed E-state index contributed by atoms with van der Waals surface area (Å²) < 4.78 is 27.4. The molecule has 0 saturated heterocycles. The lowest BCUT2D eigenvalue weighted by atomic mass is 9.33. The molecule has 5 aliphatic carbocycles. The molecule has 0 aromatic heterocycles. The van der Waals surface area contributed by atoms with Crippen LogP contribution in [0.2, 0.25) is 0 Å². The summed E-state index contributed by atoms with van der Waals surface area (Å²) >= 11 is 0. The first-order valence-corrected chi connectivity index (χ1v) is 16.2. The number of aliphatic hydroxyl groups is 1. The second-order valence-corrected chi connectivity index (χ2v) is 17.0. The Morgan fingerprint density at radius 2 is 1.59 bits per heavy atom. The van der Waals surface area contributed by atoms with E-state index >= 15 is 0 Å². The lowest BCUT2D eigenvalue weighted by molar-refractivity contribution is -0.239. The van der Waals surface area contributed by atoms with Gasteiger partial charge in [0.15, 0.2) is 11.6 Å². The van der Waals surface area contributed by atoms with E-state index in [1.165, 1.54) is 0 Å². The Labute approximate surface area is 233 Å². The second kappa shape index (κ2) is 7.92. The maximum absolute atomic E-state index is 14.4. The van der Waals surface area contributed by atoms with Gasteiger partial charge in [-0.05, 0) is 80.3 Å². The molecule has 8 atom stereocenters. The number of hydrogen-bond acceptors (Lipinski definition) is 6. The predicted molar refractivity (Wildman–Crippen MR) is 149 cm³/mol. The van der Waals surface area contributed by atoms with Gasteiger partial charge in [-0.15, -0.1) is 0 Å². The Bertz CT molecular complexity index is 1390. The SMILES string of the molecule is CC1(C)C(=O)C(C#N)=C[C@]2(C)C3=CC(=O)[C@]4(O)[C@@H]5C[C@@](C)(NS(C)(=O)=O)CC[C@]5(C)CC[C@@]4(C)[C@]3(C)CC[C@@H]12. The van der Waals surface area contributed by atoms with Crippen LogP contribution in [-0.2, 0) is 19.6 Å². The maximum Gasteiger partial charge on any atom is 0.209 e. The molecular weight excluding hydrogens is 512 g/mol. The fourth-order valence-corrected chi connectivity index (χ4v) is 11.4. The van der Waals surface area contributed by atoms with E-state index in [1.807, 2.05) is 20.8 Å². The molecule has 8 heteroatoms. The number of Topliss-reactive ketones (excluding diaryl/α,β-unsaturated/α-hetero) is 1. The number of allylic oxidation sites excluding steroid dienone is 3. The number of ketones is 2. The van der Waals surface area contributed by atoms with Crippen molar-refractivity contribution in [1.82, 2.24) is 4.72 Å². The highest BCUT2D eigenvalue weighted by Crippen LogP contribution is 2.75. The largest absolute Gasteiger partial charge is 0.381 e. The molecule has 0 spiro atoms. The van der Waals surface area contributed by atoms with Crippen molar-refractivity contribution in [2.24, 2.45) is 38.9 Å². The van der Waals surface area contributed by atoms with E-state index in [1.54, 1.807) is 12.2 Å². The van der Waals surface area contributed by atoms with Crippen LogP contribution in [0.25, 0.3) is 0 Å². The van der Waals surface area contributed by atoms with Crippen LogP contribution in [0.3, 0.4) is 0 Å². The van der Waals surface area contributed by atoms with Crippen molar-refractivity contribution >= 4 is 21.6 Å². The van der Waals surface area contributed by atoms with Gasteiger partial charge in [0.1, 0.15) is 11.7 Å². The summed E-state index contributed by atoms with van der Waals surface area (Å²) in [5.41, 5.74) is -4.40. The summed E-state index contributed by atoms with van der Waals surface area (Å²) in [6.07, 6.45) is 9.35. The third-order valence-electron chi connectivity index (χ3n) is 12.7. The first-order valence-electron chi connectivity index (χ1n) is 14.3. The van der Waals surface area contributed by atoms with Gasteiger partial charge >= 0.3 is 0 Å². The molecule has 5 rings (SSSR count). The number of nitrogens with zero attached hydrogens (tertiary/aromatic N) is 1. The Kier molecular flexibility index (Phi) is 5.83. The summed E-state index contributed by atoms with van der Waals surface area (Å²) in [6.45, 7) is 14.2. The summed E-state index contributed by atoms with van der Waals surface area (Å²) in [5.74, 6) is -0.948. The standard InChI is InChI=1S/C31H44N2O5S/c1-25(2)20-9-10-29(6)21(28(20,5)16-19(18-32)24(25)35)15-23(34)31(36)22-17-27(4,33-39(8,37)38)13-11-26(22,3)12-14-30(29,31)7/h15-16,20,22,33,36H,9-14,17H2,1-8H3/t20-,22+,26+,27-,28-,29+,30-,31+/m0/s1. The van der Waals surface area contributed by atoms with Crippen LogP contribution in [0.4, 0.5) is 0 Å². The Hall–Kier alpha value is -1.82. The van der Waals surface area contributed by atoms with Gasteiger partial charge in [0, 0.05) is 27.7 Å². The van der Waals surface area contributed by atoms with E-state index in [4.69, 9.17) is 0 Å². The molecule has 214 valence electrons. The molecule has 0 unspecified atom stereocenters. The molecule has 0 radical (unpaired) electrons. The van der Waals surface area contributed by atoms with Crippen LogP contribution in [-0.4, -0.2) is 42.5 Å². The van der Waals surface area contributed by atoms with Crippen LogP contribution in [0.15, 0.2) is 23.3 Å². The molecule has 0 aliphatic heterocycles. The topological polar surface area (TPSA) is 124 Å². The third kappa shape index (κ3) is 3.48. The van der Waals surface area contributed by atoms with Crippen LogP contribution in [0.5, 0.6) is 0 Å². The predicted octanol–water partition coefficient (Wildman–Crippen LogP) is 4.62. The maximum atomic E-state index is 14.4. The van der Waals surface area contributed by atoms with Crippen LogP contribution >= 0.6 is 0 Å². The molecule has 0 aromatic rings. The quantitative estimate of drug-likeness (QED) is 0.511. The number of nitrogens with one attached hydrogen (secondary N) is 1. The average molecular weight is 557 g/mol. The summed E-state index contributed by atoms with van der Waals surface area (Å²) in [7, 11) is -3.48. The molecule has 0 aromatic carbocycles. The van der Waals surface area contributed by atoms with Gasteiger partial charge in [-0.3, -0.25) is 9.59 Å². The number of nitriles is 1. The molecule has 39 heavy (non-hydrogen) atoms.